The Bertz CT molecular complexity index is 560. The Morgan fingerprint density at radius 2 is 2.05 bits per heavy atom. The summed E-state index contributed by atoms with van der Waals surface area (Å²) in [7, 11) is 0. The topological polar surface area (TPSA) is 34.2 Å². The van der Waals surface area contributed by atoms with Gasteiger partial charge in [0.25, 0.3) is 0 Å². The Morgan fingerprint density at radius 1 is 1.30 bits per heavy atom. The number of aromatic nitrogens is 1. The first-order valence-electron chi connectivity index (χ1n) is 6.47. The van der Waals surface area contributed by atoms with E-state index in [0.29, 0.717) is 23.7 Å². The third-order valence-electron chi connectivity index (χ3n) is 2.66. The van der Waals surface area contributed by atoms with Gasteiger partial charge in [0.05, 0.1) is 6.20 Å². The Morgan fingerprint density at radius 3 is 2.75 bits per heavy atom. The maximum atomic E-state index is 13.3. The van der Waals surface area contributed by atoms with Gasteiger partial charge in [-0.05, 0) is 43.3 Å². The maximum Gasteiger partial charge on any atom is 0.223 e. The van der Waals surface area contributed by atoms with Crippen LogP contribution in [0.1, 0.15) is 18.9 Å². The summed E-state index contributed by atoms with van der Waals surface area (Å²) < 4.78 is 20.0. The molecule has 20 heavy (non-hydrogen) atoms. The normalized spacial score (nSPS) is 10.6. The van der Waals surface area contributed by atoms with Crippen LogP contribution >= 0.6 is 15.9 Å². The molecular weight excluding hydrogens is 323 g/mol. The molecule has 0 spiro atoms. The van der Waals surface area contributed by atoms with Crippen LogP contribution in [0.15, 0.2) is 41.0 Å². The minimum atomic E-state index is -0.360. The van der Waals surface area contributed by atoms with E-state index in [-0.39, 0.29) is 5.82 Å². The average Bonchev–Trinajstić information content (AvgIpc) is 2.44. The smallest absolute Gasteiger partial charge is 0.223 e. The standard InChI is InChI=1S/C15H16BrFN2O/c1-2-7-18-9-11-8-13(17)10-19-15(11)20-14-5-3-12(16)4-6-14/h3-6,8,10,18H,2,7,9H2,1H3. The van der Waals surface area contributed by atoms with Gasteiger partial charge >= 0.3 is 0 Å². The summed E-state index contributed by atoms with van der Waals surface area (Å²) >= 11 is 3.37. The van der Waals surface area contributed by atoms with E-state index in [1.165, 1.54) is 6.07 Å². The number of rotatable bonds is 6. The summed E-state index contributed by atoms with van der Waals surface area (Å²) in [6.45, 7) is 3.48. The van der Waals surface area contributed by atoms with Crippen molar-refractivity contribution in [2.75, 3.05) is 6.54 Å². The van der Waals surface area contributed by atoms with Crippen LogP contribution in [0, 0.1) is 5.82 Å². The molecule has 1 heterocycles. The van der Waals surface area contributed by atoms with E-state index in [1.807, 2.05) is 24.3 Å². The zero-order valence-corrected chi connectivity index (χ0v) is 12.8. The summed E-state index contributed by atoms with van der Waals surface area (Å²) in [4.78, 5) is 4.03. The molecule has 1 N–H and O–H groups in total. The van der Waals surface area contributed by atoms with E-state index in [9.17, 15) is 4.39 Å². The first-order valence-corrected chi connectivity index (χ1v) is 7.27. The third-order valence-corrected chi connectivity index (χ3v) is 3.19. The molecule has 0 atom stereocenters. The van der Waals surface area contributed by atoms with Crippen LogP contribution in [-0.4, -0.2) is 11.5 Å². The van der Waals surface area contributed by atoms with Gasteiger partial charge in [0, 0.05) is 16.6 Å². The fourth-order valence-electron chi connectivity index (χ4n) is 1.70. The molecule has 0 saturated heterocycles. The first kappa shape index (κ1) is 14.9. The number of nitrogens with zero attached hydrogens (tertiary/aromatic N) is 1. The van der Waals surface area contributed by atoms with Crippen molar-refractivity contribution in [3.63, 3.8) is 0 Å². The van der Waals surface area contributed by atoms with Gasteiger partial charge in [-0.1, -0.05) is 22.9 Å². The average molecular weight is 339 g/mol. The number of benzene rings is 1. The SMILES string of the molecule is CCCNCc1cc(F)cnc1Oc1ccc(Br)cc1. The molecular formula is C15H16BrFN2O. The molecule has 0 fully saturated rings. The van der Waals surface area contributed by atoms with Crippen LogP contribution in [0.3, 0.4) is 0 Å². The van der Waals surface area contributed by atoms with Gasteiger partial charge < -0.3 is 10.1 Å². The second-order valence-corrected chi connectivity index (χ2v) is 5.27. The third kappa shape index (κ3) is 4.28. The molecule has 2 rings (SSSR count). The van der Waals surface area contributed by atoms with Crippen molar-refractivity contribution in [1.82, 2.24) is 10.3 Å². The van der Waals surface area contributed by atoms with Crippen LogP contribution in [0.4, 0.5) is 4.39 Å². The molecule has 0 aliphatic carbocycles. The Hall–Kier alpha value is -1.46. The van der Waals surface area contributed by atoms with E-state index in [0.717, 1.165) is 23.6 Å². The number of nitrogens with one attached hydrogen (secondary N) is 1. The number of ether oxygens (including phenoxy) is 1. The van der Waals surface area contributed by atoms with Gasteiger partial charge in [0.2, 0.25) is 5.88 Å². The lowest BCUT2D eigenvalue weighted by molar-refractivity contribution is 0.448. The predicted octanol–water partition coefficient (Wildman–Crippen LogP) is 4.28. The number of hydrogen-bond donors (Lipinski definition) is 1. The quantitative estimate of drug-likeness (QED) is 0.798. The largest absolute Gasteiger partial charge is 0.439 e. The fraction of sp³-hybridized carbons (Fsp3) is 0.267. The van der Waals surface area contributed by atoms with Crippen molar-refractivity contribution in [2.24, 2.45) is 0 Å². The predicted molar refractivity (Wildman–Crippen MR) is 80.4 cm³/mol. The van der Waals surface area contributed by atoms with Crippen molar-refractivity contribution >= 4 is 15.9 Å². The van der Waals surface area contributed by atoms with Crippen molar-refractivity contribution in [3.8, 4) is 11.6 Å². The monoisotopic (exact) mass is 338 g/mol. The maximum absolute atomic E-state index is 13.3. The van der Waals surface area contributed by atoms with Gasteiger partial charge in [-0.25, -0.2) is 9.37 Å². The van der Waals surface area contributed by atoms with Gasteiger partial charge in [0.1, 0.15) is 11.6 Å². The lowest BCUT2D eigenvalue weighted by atomic mass is 10.2. The highest BCUT2D eigenvalue weighted by Gasteiger charge is 2.08. The second kappa shape index (κ2) is 7.36. The molecule has 2 aromatic rings. The molecule has 3 nitrogen and oxygen atoms in total. The molecule has 0 amide bonds. The van der Waals surface area contributed by atoms with Crippen LogP contribution in [0.25, 0.3) is 0 Å². The first-order chi connectivity index (χ1) is 9.69. The Balaban J connectivity index is 2.15. The number of pyridine rings is 1. The van der Waals surface area contributed by atoms with E-state index in [2.05, 4.69) is 33.2 Å². The highest BCUT2D eigenvalue weighted by atomic mass is 79.9. The molecule has 1 aromatic heterocycles. The second-order valence-electron chi connectivity index (χ2n) is 4.35. The van der Waals surface area contributed by atoms with Crippen LogP contribution in [0.5, 0.6) is 11.6 Å². The Labute approximate surface area is 126 Å². The highest BCUT2D eigenvalue weighted by Crippen LogP contribution is 2.25. The molecule has 106 valence electrons. The molecule has 0 unspecified atom stereocenters. The Kier molecular flexibility index (Phi) is 5.49. The van der Waals surface area contributed by atoms with Gasteiger partial charge in [-0.3, -0.25) is 0 Å². The van der Waals surface area contributed by atoms with Crippen LogP contribution in [0.2, 0.25) is 0 Å². The molecule has 0 bridgehead atoms. The molecule has 0 saturated carbocycles. The zero-order valence-electron chi connectivity index (χ0n) is 11.2. The molecule has 0 aliphatic rings. The van der Waals surface area contributed by atoms with Crippen molar-refractivity contribution < 1.29 is 9.13 Å². The summed E-state index contributed by atoms with van der Waals surface area (Å²) in [6, 6.07) is 8.88. The lowest BCUT2D eigenvalue weighted by Gasteiger charge is -2.11. The fourth-order valence-corrected chi connectivity index (χ4v) is 1.97. The minimum Gasteiger partial charge on any atom is -0.439 e. The molecule has 5 heteroatoms. The number of hydrogen-bond acceptors (Lipinski definition) is 3. The van der Waals surface area contributed by atoms with Gasteiger partial charge in [-0.15, -0.1) is 0 Å². The summed E-state index contributed by atoms with van der Waals surface area (Å²) in [5.74, 6) is 0.739. The van der Waals surface area contributed by atoms with Gasteiger partial charge in [-0.2, -0.15) is 0 Å². The van der Waals surface area contributed by atoms with Crippen LogP contribution < -0.4 is 10.1 Å². The molecule has 0 radical (unpaired) electrons. The van der Waals surface area contributed by atoms with E-state index in [4.69, 9.17) is 4.74 Å². The lowest BCUT2D eigenvalue weighted by Crippen LogP contribution is -2.15. The van der Waals surface area contributed by atoms with E-state index >= 15 is 0 Å². The zero-order chi connectivity index (χ0) is 14.4. The number of halogens is 2. The summed E-state index contributed by atoms with van der Waals surface area (Å²) in [6.07, 6.45) is 2.18. The summed E-state index contributed by atoms with van der Waals surface area (Å²) in [5.41, 5.74) is 0.710. The van der Waals surface area contributed by atoms with Crippen molar-refractivity contribution in [1.29, 1.82) is 0 Å². The molecule has 0 aliphatic heterocycles. The highest BCUT2D eigenvalue weighted by molar-refractivity contribution is 9.10. The minimum absolute atomic E-state index is 0.360. The van der Waals surface area contributed by atoms with Crippen LogP contribution in [-0.2, 0) is 6.54 Å². The van der Waals surface area contributed by atoms with E-state index < -0.39 is 0 Å². The van der Waals surface area contributed by atoms with Crippen molar-refractivity contribution in [2.45, 2.75) is 19.9 Å². The van der Waals surface area contributed by atoms with Crippen molar-refractivity contribution in [3.05, 3.63) is 52.4 Å². The van der Waals surface area contributed by atoms with E-state index in [1.54, 1.807) is 0 Å². The summed E-state index contributed by atoms with van der Waals surface area (Å²) in [5, 5.41) is 3.22. The molecule has 1 aromatic carbocycles. The van der Waals surface area contributed by atoms with Gasteiger partial charge in [0.15, 0.2) is 0 Å².